The summed E-state index contributed by atoms with van der Waals surface area (Å²) in [6, 6.07) is 10.1. The molecular weight excluding hydrogens is 477 g/mol. The highest BCUT2D eigenvalue weighted by molar-refractivity contribution is 7.18. The molecule has 1 aliphatic rings. The summed E-state index contributed by atoms with van der Waals surface area (Å²) in [5.74, 6) is -2.42. The van der Waals surface area contributed by atoms with Gasteiger partial charge in [0.15, 0.2) is 0 Å². The molecule has 1 aliphatic heterocycles. The van der Waals surface area contributed by atoms with Crippen LogP contribution in [-0.4, -0.2) is 52.0 Å². The van der Waals surface area contributed by atoms with Crippen molar-refractivity contribution in [2.75, 3.05) is 13.1 Å². The van der Waals surface area contributed by atoms with Crippen LogP contribution in [-0.2, 0) is 4.79 Å². The number of benzene rings is 1. The molecule has 1 unspecified atom stereocenters. The van der Waals surface area contributed by atoms with Crippen LogP contribution in [0.25, 0.3) is 21.0 Å². The second-order valence-corrected chi connectivity index (χ2v) is 8.89. The number of likely N-dealkylation sites (tertiary alicyclic amines) is 1. The summed E-state index contributed by atoms with van der Waals surface area (Å²) < 4.78 is 37.7. The van der Waals surface area contributed by atoms with Crippen molar-refractivity contribution in [3.05, 3.63) is 59.5 Å². The Kier molecular flexibility index (Phi) is 6.66. The quantitative estimate of drug-likeness (QED) is 0.552. The highest BCUT2D eigenvalue weighted by atomic mass is 35.5. The Bertz CT molecular complexity index is 1170. The first kappa shape index (κ1) is 23.2. The molecule has 1 aromatic carbocycles. The lowest BCUT2D eigenvalue weighted by Gasteiger charge is -2.25. The van der Waals surface area contributed by atoms with Gasteiger partial charge in [0.05, 0.1) is 4.88 Å². The first-order valence-electron chi connectivity index (χ1n) is 10.1. The van der Waals surface area contributed by atoms with E-state index < -0.39 is 24.0 Å². The third kappa shape index (κ3) is 5.17. The minimum Gasteiger partial charge on any atom is -0.346 e. The Labute approximate surface area is 196 Å². The molecule has 1 N–H and O–H groups in total. The minimum atomic E-state index is -4.97. The number of aromatic nitrogens is 2. The van der Waals surface area contributed by atoms with Crippen molar-refractivity contribution in [2.45, 2.75) is 25.1 Å². The number of nitrogens with zero attached hydrogens (tertiary/aromatic N) is 3. The topological polar surface area (TPSA) is 75.2 Å². The van der Waals surface area contributed by atoms with Crippen LogP contribution >= 0.6 is 22.9 Å². The van der Waals surface area contributed by atoms with Crippen LogP contribution in [0.3, 0.4) is 0 Å². The summed E-state index contributed by atoms with van der Waals surface area (Å²) in [7, 11) is 0. The van der Waals surface area contributed by atoms with Crippen LogP contribution in [0.1, 0.15) is 23.3 Å². The van der Waals surface area contributed by atoms with E-state index in [2.05, 4.69) is 9.97 Å². The van der Waals surface area contributed by atoms with Crippen LogP contribution in [0.5, 0.6) is 0 Å². The smallest absolute Gasteiger partial charge is 0.346 e. The standard InChI is InChI=1S/C22H18ClF3N4O2S/c23-15-6-1-4-13(10-15)18-17(29-19(33-18)14-5-2-8-27-11-14)20(31)30-9-3-7-16(30)12-28-21(32)22(24,25)26/h1-2,4-6,8,10-11,16H,3,7,9,12H2,(H,28,32). The van der Waals surface area contributed by atoms with E-state index in [0.29, 0.717) is 39.9 Å². The Morgan fingerprint density at radius 1 is 1.21 bits per heavy atom. The lowest BCUT2D eigenvalue weighted by atomic mass is 10.1. The normalized spacial score (nSPS) is 16.1. The number of carbonyl (C=O) groups excluding carboxylic acids is 2. The van der Waals surface area contributed by atoms with Gasteiger partial charge < -0.3 is 10.2 Å². The van der Waals surface area contributed by atoms with Crippen LogP contribution in [0.2, 0.25) is 5.02 Å². The molecule has 3 heterocycles. The second kappa shape index (κ2) is 9.48. The number of pyridine rings is 1. The zero-order valence-corrected chi connectivity index (χ0v) is 18.7. The number of hydrogen-bond donors (Lipinski definition) is 1. The van der Waals surface area contributed by atoms with Crippen molar-refractivity contribution in [2.24, 2.45) is 0 Å². The third-order valence-corrected chi connectivity index (χ3v) is 6.61. The van der Waals surface area contributed by atoms with Gasteiger partial charge in [0.2, 0.25) is 0 Å². The Morgan fingerprint density at radius 2 is 2.00 bits per heavy atom. The van der Waals surface area contributed by atoms with Crippen molar-refractivity contribution >= 4 is 34.8 Å². The van der Waals surface area contributed by atoms with Gasteiger partial charge >= 0.3 is 12.1 Å². The van der Waals surface area contributed by atoms with Crippen molar-refractivity contribution in [1.29, 1.82) is 0 Å². The van der Waals surface area contributed by atoms with Crippen LogP contribution in [0, 0.1) is 0 Å². The number of amides is 2. The number of alkyl halides is 3. The molecule has 172 valence electrons. The van der Waals surface area contributed by atoms with E-state index in [0.717, 1.165) is 5.56 Å². The number of carbonyl (C=O) groups is 2. The predicted octanol–water partition coefficient (Wildman–Crippen LogP) is 4.81. The Balaban J connectivity index is 1.66. The molecule has 3 aromatic rings. The highest BCUT2D eigenvalue weighted by Crippen LogP contribution is 2.37. The van der Waals surface area contributed by atoms with Crippen molar-refractivity contribution < 1.29 is 22.8 Å². The molecule has 6 nitrogen and oxygen atoms in total. The Morgan fingerprint density at radius 3 is 2.70 bits per heavy atom. The molecule has 0 aliphatic carbocycles. The van der Waals surface area contributed by atoms with Gasteiger partial charge in [0.25, 0.3) is 5.91 Å². The largest absolute Gasteiger partial charge is 0.471 e. The number of nitrogens with one attached hydrogen (secondary N) is 1. The SMILES string of the molecule is O=C(c1nc(-c2cccnc2)sc1-c1cccc(Cl)c1)N1CCCC1CNC(=O)C(F)(F)F. The molecule has 4 rings (SSSR count). The van der Waals surface area contributed by atoms with Crippen LogP contribution < -0.4 is 5.32 Å². The summed E-state index contributed by atoms with van der Waals surface area (Å²) in [5.41, 5.74) is 1.63. The molecular formula is C22H18ClF3N4O2S. The molecule has 2 amide bonds. The maximum Gasteiger partial charge on any atom is 0.471 e. The lowest BCUT2D eigenvalue weighted by Crippen LogP contribution is -2.46. The van der Waals surface area contributed by atoms with E-state index in [4.69, 9.17) is 11.6 Å². The van der Waals surface area contributed by atoms with Crippen molar-refractivity contribution in [3.63, 3.8) is 0 Å². The first-order valence-corrected chi connectivity index (χ1v) is 11.3. The van der Waals surface area contributed by atoms with Crippen LogP contribution in [0.4, 0.5) is 13.2 Å². The number of hydrogen-bond acceptors (Lipinski definition) is 5. The summed E-state index contributed by atoms with van der Waals surface area (Å²) in [6.45, 7) is 0.0797. The molecule has 33 heavy (non-hydrogen) atoms. The zero-order valence-electron chi connectivity index (χ0n) is 17.1. The van der Waals surface area contributed by atoms with Gasteiger partial charge in [0.1, 0.15) is 10.7 Å². The van der Waals surface area contributed by atoms with E-state index in [1.54, 1.807) is 36.7 Å². The van der Waals surface area contributed by atoms with E-state index >= 15 is 0 Å². The molecule has 11 heteroatoms. The van der Waals surface area contributed by atoms with Crippen LogP contribution in [0.15, 0.2) is 48.8 Å². The maximum absolute atomic E-state index is 13.5. The van der Waals surface area contributed by atoms with E-state index in [-0.39, 0.29) is 12.2 Å². The monoisotopic (exact) mass is 494 g/mol. The summed E-state index contributed by atoms with van der Waals surface area (Å²) in [6.07, 6.45) is -0.605. The molecule has 1 saturated heterocycles. The minimum absolute atomic E-state index is 0.190. The zero-order chi connectivity index (χ0) is 23.6. The first-order chi connectivity index (χ1) is 15.7. The highest BCUT2D eigenvalue weighted by Gasteiger charge is 2.40. The average Bonchev–Trinajstić information content (AvgIpc) is 3.44. The third-order valence-electron chi connectivity index (χ3n) is 5.22. The summed E-state index contributed by atoms with van der Waals surface area (Å²) >= 11 is 7.46. The average molecular weight is 495 g/mol. The molecule has 0 spiro atoms. The van der Waals surface area contributed by atoms with Crippen molar-refractivity contribution in [3.8, 4) is 21.0 Å². The van der Waals surface area contributed by atoms with Crippen molar-refractivity contribution in [1.82, 2.24) is 20.2 Å². The molecule has 0 bridgehead atoms. The van der Waals surface area contributed by atoms with Gasteiger partial charge in [-0.1, -0.05) is 23.7 Å². The maximum atomic E-state index is 13.5. The fourth-order valence-electron chi connectivity index (χ4n) is 3.67. The van der Waals surface area contributed by atoms with E-state index in [9.17, 15) is 22.8 Å². The molecule has 0 saturated carbocycles. The van der Waals surface area contributed by atoms with Gasteiger partial charge in [-0.15, -0.1) is 11.3 Å². The Hall–Kier alpha value is -2.98. The summed E-state index contributed by atoms with van der Waals surface area (Å²) in [4.78, 5) is 35.5. The number of thiazole rings is 1. The van der Waals surface area contributed by atoms with Gasteiger partial charge in [-0.2, -0.15) is 13.2 Å². The summed E-state index contributed by atoms with van der Waals surface area (Å²) in [5, 5.41) is 2.97. The van der Waals surface area contributed by atoms with Gasteiger partial charge in [-0.25, -0.2) is 4.98 Å². The fourth-order valence-corrected chi connectivity index (χ4v) is 4.90. The van der Waals surface area contributed by atoms with Gasteiger partial charge in [0, 0.05) is 42.1 Å². The lowest BCUT2D eigenvalue weighted by molar-refractivity contribution is -0.173. The molecule has 1 fully saturated rings. The number of rotatable bonds is 5. The molecule has 0 radical (unpaired) electrons. The second-order valence-electron chi connectivity index (χ2n) is 7.45. The van der Waals surface area contributed by atoms with E-state index in [1.807, 2.05) is 17.4 Å². The molecule has 2 aromatic heterocycles. The predicted molar refractivity (Wildman–Crippen MR) is 119 cm³/mol. The van der Waals surface area contributed by atoms with Gasteiger partial charge in [-0.05, 0) is 42.7 Å². The fraction of sp³-hybridized carbons (Fsp3) is 0.273. The van der Waals surface area contributed by atoms with Gasteiger partial charge in [-0.3, -0.25) is 14.6 Å². The van der Waals surface area contributed by atoms with E-state index in [1.165, 1.54) is 16.2 Å². The molecule has 1 atom stereocenters. The number of halogens is 4.